The lowest BCUT2D eigenvalue weighted by Crippen LogP contribution is -2.35. The molecule has 0 fully saturated rings. The van der Waals surface area contributed by atoms with Crippen LogP contribution in [0.25, 0.3) is 28.2 Å². The normalized spacial score (nSPS) is 11.5. The van der Waals surface area contributed by atoms with Crippen LogP contribution in [0.3, 0.4) is 0 Å². The van der Waals surface area contributed by atoms with Gasteiger partial charge in [0.15, 0.2) is 0 Å². The van der Waals surface area contributed by atoms with E-state index >= 15 is 0 Å². The molecule has 31 heavy (non-hydrogen) atoms. The predicted octanol–water partition coefficient (Wildman–Crippen LogP) is 6.59. The van der Waals surface area contributed by atoms with Crippen molar-refractivity contribution in [3.63, 3.8) is 0 Å². The smallest absolute Gasteiger partial charge is 0.196 e. The van der Waals surface area contributed by atoms with Gasteiger partial charge in [0.1, 0.15) is 5.69 Å². The summed E-state index contributed by atoms with van der Waals surface area (Å²) in [5.41, 5.74) is 8.94. The van der Waals surface area contributed by atoms with Crippen molar-refractivity contribution < 1.29 is 4.57 Å². The van der Waals surface area contributed by atoms with Gasteiger partial charge in [-0.2, -0.15) is 4.57 Å². The van der Waals surface area contributed by atoms with Gasteiger partial charge < -0.3 is 0 Å². The second-order valence-electron chi connectivity index (χ2n) is 8.94. The number of aryl methyl sites for hydroxylation is 2. The van der Waals surface area contributed by atoms with Crippen LogP contribution >= 0.6 is 0 Å². The van der Waals surface area contributed by atoms with E-state index in [9.17, 15) is 0 Å². The van der Waals surface area contributed by atoms with Gasteiger partial charge in [-0.25, -0.2) is 0 Å². The maximum Gasteiger partial charge on any atom is 0.272 e. The highest BCUT2D eigenvalue weighted by Gasteiger charge is 2.27. The second-order valence-corrected chi connectivity index (χ2v) is 8.94. The summed E-state index contributed by atoms with van der Waals surface area (Å²) in [6.45, 7) is 11.3. The monoisotopic (exact) mass is 410 g/mol. The highest BCUT2D eigenvalue weighted by atomic mass is 15.4. The van der Waals surface area contributed by atoms with Crippen LogP contribution in [0.4, 0.5) is 0 Å². The first-order chi connectivity index (χ1) is 14.9. The Kier molecular flexibility index (Phi) is 5.77. The SMILES string of the molecule is Cc1ccccc1-c1n(C)nc[n+]1-c1c(C(C)C)cc(-c2ccccc2)cc1C(C)C. The predicted molar refractivity (Wildman–Crippen MR) is 129 cm³/mol. The third kappa shape index (κ3) is 3.93. The molecule has 0 amide bonds. The molecule has 0 aliphatic heterocycles. The number of hydrogen-bond donors (Lipinski definition) is 0. The molecule has 0 N–H and O–H groups in total. The van der Waals surface area contributed by atoms with Crippen LogP contribution in [0.15, 0.2) is 73.1 Å². The first kappa shape index (κ1) is 21.0. The van der Waals surface area contributed by atoms with E-state index in [0.717, 1.165) is 5.82 Å². The van der Waals surface area contributed by atoms with Gasteiger partial charge in [0, 0.05) is 5.10 Å². The van der Waals surface area contributed by atoms with Crippen molar-refractivity contribution in [2.75, 3.05) is 0 Å². The minimum absolute atomic E-state index is 0.383. The molecule has 1 aromatic heterocycles. The van der Waals surface area contributed by atoms with E-state index in [2.05, 4.69) is 111 Å². The van der Waals surface area contributed by atoms with E-state index in [-0.39, 0.29) is 0 Å². The summed E-state index contributed by atoms with van der Waals surface area (Å²) in [5.74, 6) is 1.87. The summed E-state index contributed by atoms with van der Waals surface area (Å²) in [6.07, 6.45) is 1.97. The Morgan fingerprint density at radius 1 is 0.774 bits per heavy atom. The minimum Gasteiger partial charge on any atom is -0.196 e. The van der Waals surface area contributed by atoms with Gasteiger partial charge in [-0.15, -0.1) is 4.68 Å². The Hall–Kier alpha value is -3.20. The second kappa shape index (κ2) is 8.50. The fourth-order valence-electron chi connectivity index (χ4n) is 4.32. The molecular formula is C28H32N3+. The molecule has 0 radical (unpaired) electrons. The number of aromatic nitrogens is 3. The molecule has 0 spiro atoms. The third-order valence-electron chi connectivity index (χ3n) is 6.02. The molecule has 3 aromatic carbocycles. The summed E-state index contributed by atoms with van der Waals surface area (Å²) in [6, 6.07) is 24.0. The lowest BCUT2D eigenvalue weighted by atomic mass is 9.88. The number of nitrogens with zero attached hydrogens (tertiary/aromatic N) is 3. The molecule has 3 heteroatoms. The van der Waals surface area contributed by atoms with E-state index < -0.39 is 0 Å². The van der Waals surface area contributed by atoms with Gasteiger partial charge in [0.05, 0.1) is 12.6 Å². The lowest BCUT2D eigenvalue weighted by molar-refractivity contribution is -0.585. The average molecular weight is 411 g/mol. The first-order valence-electron chi connectivity index (χ1n) is 11.1. The number of benzene rings is 3. The van der Waals surface area contributed by atoms with Gasteiger partial charge in [-0.05, 0) is 64.8 Å². The van der Waals surface area contributed by atoms with Gasteiger partial charge in [0.25, 0.3) is 12.2 Å². The van der Waals surface area contributed by atoms with Gasteiger partial charge in [0.2, 0.25) is 0 Å². The van der Waals surface area contributed by atoms with Crippen LogP contribution in [0.5, 0.6) is 0 Å². The molecule has 3 nitrogen and oxygen atoms in total. The van der Waals surface area contributed by atoms with Crippen LogP contribution in [0.2, 0.25) is 0 Å². The maximum absolute atomic E-state index is 4.67. The van der Waals surface area contributed by atoms with Crippen LogP contribution < -0.4 is 4.57 Å². The summed E-state index contributed by atoms with van der Waals surface area (Å²) in [7, 11) is 2.03. The molecule has 158 valence electrons. The zero-order valence-electron chi connectivity index (χ0n) is 19.4. The molecule has 0 saturated carbocycles. The molecular weight excluding hydrogens is 378 g/mol. The van der Waals surface area contributed by atoms with Crippen LogP contribution in [0, 0.1) is 6.92 Å². The van der Waals surface area contributed by atoms with Gasteiger partial charge >= 0.3 is 0 Å². The molecule has 0 saturated heterocycles. The van der Waals surface area contributed by atoms with Crippen molar-refractivity contribution in [3.05, 3.63) is 89.7 Å². The lowest BCUT2D eigenvalue weighted by Gasteiger charge is -2.21. The average Bonchev–Trinajstić information content (AvgIpc) is 3.14. The minimum atomic E-state index is 0.383. The van der Waals surface area contributed by atoms with Crippen molar-refractivity contribution >= 4 is 0 Å². The fourth-order valence-corrected chi connectivity index (χ4v) is 4.32. The third-order valence-corrected chi connectivity index (χ3v) is 6.02. The Morgan fingerprint density at radius 3 is 1.94 bits per heavy atom. The zero-order chi connectivity index (χ0) is 22.1. The van der Waals surface area contributed by atoms with E-state index in [1.165, 1.54) is 39.1 Å². The van der Waals surface area contributed by atoms with Crippen molar-refractivity contribution in [3.8, 4) is 28.2 Å². The summed E-state index contributed by atoms with van der Waals surface area (Å²) in [5, 5.41) is 4.67. The number of hydrogen-bond acceptors (Lipinski definition) is 1. The topological polar surface area (TPSA) is 21.7 Å². The molecule has 1 heterocycles. The molecule has 0 bridgehead atoms. The summed E-state index contributed by atoms with van der Waals surface area (Å²) in [4.78, 5) is 0. The van der Waals surface area contributed by atoms with E-state index in [4.69, 9.17) is 0 Å². The largest absolute Gasteiger partial charge is 0.272 e. The Bertz CT molecular complexity index is 1170. The molecule has 0 aliphatic carbocycles. The van der Waals surface area contributed by atoms with E-state index in [0.29, 0.717) is 11.8 Å². The van der Waals surface area contributed by atoms with Crippen molar-refractivity contribution in [2.45, 2.75) is 46.5 Å². The van der Waals surface area contributed by atoms with Crippen LogP contribution in [0.1, 0.15) is 56.2 Å². The summed E-state index contributed by atoms with van der Waals surface area (Å²) < 4.78 is 4.28. The van der Waals surface area contributed by atoms with Crippen LogP contribution in [-0.4, -0.2) is 9.78 Å². The van der Waals surface area contributed by atoms with Crippen LogP contribution in [-0.2, 0) is 7.05 Å². The highest BCUT2D eigenvalue weighted by molar-refractivity contribution is 5.69. The molecule has 0 atom stereocenters. The standard InChI is InChI=1S/C28H32N3/c1-19(2)25-16-23(22-13-8-7-9-14-22)17-26(20(3)4)27(25)31-18-29-30(6)28(31)24-15-11-10-12-21(24)5/h7-20H,1-6H3/q+1. The molecule has 0 unspecified atom stereocenters. The van der Waals surface area contributed by atoms with E-state index in [1.807, 2.05) is 18.1 Å². The Balaban J connectivity index is 2.04. The highest BCUT2D eigenvalue weighted by Crippen LogP contribution is 2.35. The fraction of sp³-hybridized carbons (Fsp3) is 0.286. The first-order valence-corrected chi connectivity index (χ1v) is 11.1. The Labute approximate surface area is 186 Å². The molecule has 0 aliphatic rings. The van der Waals surface area contributed by atoms with E-state index in [1.54, 1.807) is 0 Å². The molecule has 4 aromatic rings. The van der Waals surface area contributed by atoms with Crippen molar-refractivity contribution in [1.29, 1.82) is 0 Å². The molecule has 4 rings (SSSR count). The van der Waals surface area contributed by atoms with Crippen molar-refractivity contribution in [2.24, 2.45) is 7.05 Å². The quantitative estimate of drug-likeness (QED) is 0.340. The summed E-state index contributed by atoms with van der Waals surface area (Å²) >= 11 is 0. The van der Waals surface area contributed by atoms with Crippen molar-refractivity contribution in [1.82, 2.24) is 9.78 Å². The number of rotatable bonds is 5. The van der Waals surface area contributed by atoms with Gasteiger partial charge in [-0.1, -0.05) is 76.2 Å². The Morgan fingerprint density at radius 2 is 1.35 bits per heavy atom. The zero-order valence-corrected chi connectivity index (χ0v) is 19.4. The van der Waals surface area contributed by atoms with Gasteiger partial charge in [-0.3, -0.25) is 0 Å². The maximum atomic E-state index is 4.67.